The summed E-state index contributed by atoms with van der Waals surface area (Å²) in [5.74, 6) is 0.00318. The number of aromatic amines is 1. The molecule has 0 fully saturated rings. The quantitative estimate of drug-likeness (QED) is 0.379. The average molecular weight is 428 g/mol. The molecule has 0 spiro atoms. The third-order valence-corrected chi connectivity index (χ3v) is 6.51. The van der Waals surface area contributed by atoms with E-state index in [1.807, 2.05) is 38.7 Å². The van der Waals surface area contributed by atoms with Crippen molar-refractivity contribution in [2.24, 2.45) is 12.2 Å². The first-order valence-corrected chi connectivity index (χ1v) is 11.1. The van der Waals surface area contributed by atoms with Crippen LogP contribution in [0.15, 0.2) is 29.6 Å². The van der Waals surface area contributed by atoms with Gasteiger partial charge in [0, 0.05) is 47.2 Å². The van der Waals surface area contributed by atoms with Crippen LogP contribution in [0.2, 0.25) is 0 Å². The molecule has 0 saturated heterocycles. The lowest BCUT2D eigenvalue weighted by molar-refractivity contribution is 0.0860. The lowest BCUT2D eigenvalue weighted by Gasteiger charge is -2.19. The molecular weight excluding hydrogens is 402 g/mol. The molecule has 4 aromatic rings. The highest BCUT2D eigenvalue weighted by atomic mass is 16.6. The summed E-state index contributed by atoms with van der Waals surface area (Å²) in [5.41, 5.74) is 10.3. The van der Waals surface area contributed by atoms with Crippen molar-refractivity contribution < 1.29 is 9.63 Å². The van der Waals surface area contributed by atoms with Crippen LogP contribution in [0.5, 0.6) is 0 Å². The van der Waals surface area contributed by atoms with Crippen LogP contribution in [0, 0.1) is 0 Å². The zero-order valence-electron chi connectivity index (χ0n) is 18.7. The number of oxime groups is 1. The van der Waals surface area contributed by atoms with Gasteiger partial charge in [0.15, 0.2) is 0 Å². The molecule has 2 aromatic carbocycles. The first-order chi connectivity index (χ1) is 15.4. The molecule has 0 unspecified atom stereocenters. The largest absolute Gasteiger partial charge is 0.393 e. The minimum atomic E-state index is 0.00318. The van der Waals surface area contributed by atoms with Crippen LogP contribution >= 0.6 is 0 Å². The van der Waals surface area contributed by atoms with Crippen LogP contribution in [-0.4, -0.2) is 32.5 Å². The van der Waals surface area contributed by atoms with Crippen molar-refractivity contribution in [3.63, 3.8) is 0 Å². The number of hydrogen-bond donors (Lipinski definition) is 2. The molecule has 2 N–H and O–H groups in total. The molecule has 1 amide bonds. The fourth-order valence-electron chi connectivity index (χ4n) is 5.15. The maximum absolute atomic E-state index is 13.0. The Bertz CT molecular complexity index is 1470. The second-order valence-electron chi connectivity index (χ2n) is 9.02. The standard InChI is InChI=1S/C25H25N5O2/c1-12(2)32-29-13(3)14-5-7-19-16(9-14)22-17-10-26-25(31)23(17)21-15(24(22)27-19)6-8-20-18(21)11-30(4)28-20/h5,7,9,11-12,27H,6,8,10H2,1-4H3,(H,26,31)/b29-13+. The van der Waals surface area contributed by atoms with Crippen molar-refractivity contribution in [2.45, 2.75) is 46.3 Å². The van der Waals surface area contributed by atoms with E-state index in [1.165, 1.54) is 5.56 Å². The Morgan fingerprint density at radius 1 is 1.22 bits per heavy atom. The Morgan fingerprint density at radius 2 is 2.06 bits per heavy atom. The topological polar surface area (TPSA) is 84.3 Å². The summed E-state index contributed by atoms with van der Waals surface area (Å²) >= 11 is 0. The fraction of sp³-hybridized carbons (Fsp3) is 0.320. The highest BCUT2D eigenvalue weighted by Gasteiger charge is 2.34. The Balaban J connectivity index is 1.65. The number of benzene rings is 2. The van der Waals surface area contributed by atoms with E-state index in [2.05, 4.69) is 38.8 Å². The second-order valence-corrected chi connectivity index (χ2v) is 9.02. The number of rotatable bonds is 3. The molecule has 0 bridgehead atoms. The molecule has 162 valence electrons. The van der Waals surface area contributed by atoms with Crippen LogP contribution in [0.4, 0.5) is 0 Å². The smallest absolute Gasteiger partial charge is 0.252 e. The average Bonchev–Trinajstić information content (AvgIpc) is 3.45. The first-order valence-electron chi connectivity index (χ1n) is 11.1. The lowest BCUT2D eigenvalue weighted by atomic mass is 9.83. The van der Waals surface area contributed by atoms with Crippen LogP contribution in [0.25, 0.3) is 32.9 Å². The number of fused-ring (bicyclic) bond motifs is 10. The van der Waals surface area contributed by atoms with E-state index in [1.54, 1.807) is 0 Å². The van der Waals surface area contributed by atoms with Gasteiger partial charge in [-0.3, -0.25) is 9.48 Å². The van der Waals surface area contributed by atoms with E-state index < -0.39 is 0 Å². The van der Waals surface area contributed by atoms with Crippen LogP contribution in [0.1, 0.15) is 53.5 Å². The maximum atomic E-state index is 13.0. The number of aromatic nitrogens is 3. The predicted molar refractivity (Wildman–Crippen MR) is 125 cm³/mol. The highest BCUT2D eigenvalue weighted by molar-refractivity contribution is 6.19. The van der Waals surface area contributed by atoms with Gasteiger partial charge in [-0.25, -0.2) is 0 Å². The number of aryl methyl sites for hydroxylation is 3. The molecule has 7 heteroatoms. The number of H-pyrrole nitrogens is 1. The van der Waals surface area contributed by atoms with E-state index in [-0.39, 0.29) is 12.0 Å². The first kappa shape index (κ1) is 19.1. The highest BCUT2D eigenvalue weighted by Crippen LogP contribution is 2.45. The van der Waals surface area contributed by atoms with E-state index in [4.69, 9.17) is 4.84 Å². The van der Waals surface area contributed by atoms with Crippen molar-refractivity contribution in [3.8, 4) is 11.1 Å². The molecule has 0 atom stereocenters. The van der Waals surface area contributed by atoms with E-state index >= 15 is 0 Å². The Hall–Kier alpha value is -3.61. The number of amides is 1. The third-order valence-electron chi connectivity index (χ3n) is 6.51. The zero-order valence-corrected chi connectivity index (χ0v) is 18.7. The number of carbonyl (C=O) groups is 1. The van der Waals surface area contributed by atoms with Gasteiger partial charge in [0.2, 0.25) is 0 Å². The van der Waals surface area contributed by atoms with Crippen molar-refractivity contribution >= 4 is 33.4 Å². The monoisotopic (exact) mass is 427 g/mol. The molecule has 1 aliphatic heterocycles. The van der Waals surface area contributed by atoms with Gasteiger partial charge in [0.25, 0.3) is 5.91 Å². The summed E-state index contributed by atoms with van der Waals surface area (Å²) in [5, 5.41) is 14.2. The SMILES string of the molecule is C/C(=N\OC(C)C)c1ccc2[nH]c3c4c(c5c(c3c2c1)CNC5=O)-c1cn(C)nc1CC4. The van der Waals surface area contributed by atoms with Crippen LogP contribution in [-0.2, 0) is 31.3 Å². The summed E-state index contributed by atoms with van der Waals surface area (Å²) < 4.78 is 1.85. The van der Waals surface area contributed by atoms with Gasteiger partial charge in [0.05, 0.1) is 22.5 Å². The zero-order chi connectivity index (χ0) is 22.1. The van der Waals surface area contributed by atoms with E-state index in [0.717, 1.165) is 73.9 Å². The normalized spacial score (nSPS) is 15.3. The van der Waals surface area contributed by atoms with Crippen LogP contribution < -0.4 is 5.32 Å². The number of nitrogens with one attached hydrogen (secondary N) is 2. The van der Waals surface area contributed by atoms with Crippen molar-refractivity contribution in [3.05, 3.63) is 52.3 Å². The molecule has 2 aromatic heterocycles. The number of nitrogens with zero attached hydrogens (tertiary/aromatic N) is 3. The van der Waals surface area contributed by atoms with Crippen LogP contribution in [0.3, 0.4) is 0 Å². The van der Waals surface area contributed by atoms with E-state index in [9.17, 15) is 4.79 Å². The molecule has 0 saturated carbocycles. The summed E-state index contributed by atoms with van der Waals surface area (Å²) in [6.07, 6.45) is 3.81. The molecule has 7 nitrogen and oxygen atoms in total. The van der Waals surface area contributed by atoms with Gasteiger partial charge in [0.1, 0.15) is 6.10 Å². The summed E-state index contributed by atoms with van der Waals surface area (Å²) in [6, 6.07) is 6.32. The van der Waals surface area contributed by atoms with Gasteiger partial charge < -0.3 is 15.1 Å². The summed E-state index contributed by atoms with van der Waals surface area (Å²) in [4.78, 5) is 22.1. The molecule has 3 heterocycles. The number of hydrogen-bond acceptors (Lipinski definition) is 4. The fourth-order valence-corrected chi connectivity index (χ4v) is 5.15. The van der Waals surface area contributed by atoms with Gasteiger partial charge in [-0.1, -0.05) is 11.2 Å². The van der Waals surface area contributed by atoms with Crippen molar-refractivity contribution in [2.75, 3.05) is 0 Å². The third kappa shape index (κ3) is 2.63. The Kier molecular flexibility index (Phi) is 4.00. The van der Waals surface area contributed by atoms with Gasteiger partial charge >= 0.3 is 0 Å². The minimum Gasteiger partial charge on any atom is -0.393 e. The number of carbonyl (C=O) groups excluding carboxylic acids is 1. The van der Waals surface area contributed by atoms with Gasteiger partial charge in [-0.2, -0.15) is 5.10 Å². The molecular formula is C25H25N5O2. The predicted octanol–water partition coefficient (Wildman–Crippen LogP) is 4.21. The Morgan fingerprint density at radius 3 is 2.88 bits per heavy atom. The molecule has 1 aliphatic carbocycles. The minimum absolute atomic E-state index is 0.00318. The lowest BCUT2D eigenvalue weighted by Crippen LogP contribution is -2.15. The summed E-state index contributed by atoms with van der Waals surface area (Å²) in [6.45, 7) is 6.42. The van der Waals surface area contributed by atoms with Crippen molar-refractivity contribution in [1.82, 2.24) is 20.1 Å². The molecule has 0 radical (unpaired) electrons. The van der Waals surface area contributed by atoms with Crippen molar-refractivity contribution in [1.29, 1.82) is 0 Å². The Labute approximate surface area is 185 Å². The summed E-state index contributed by atoms with van der Waals surface area (Å²) in [7, 11) is 1.94. The molecule has 2 aliphatic rings. The second kappa shape index (κ2) is 6.69. The van der Waals surface area contributed by atoms with Gasteiger partial charge in [-0.05, 0) is 62.4 Å². The van der Waals surface area contributed by atoms with Gasteiger partial charge in [-0.15, -0.1) is 0 Å². The maximum Gasteiger partial charge on any atom is 0.252 e. The van der Waals surface area contributed by atoms with E-state index in [0.29, 0.717) is 6.54 Å². The molecule has 32 heavy (non-hydrogen) atoms. The molecule has 6 rings (SSSR count).